The molecule has 5 nitrogen and oxygen atoms in total. The van der Waals surface area contributed by atoms with Gasteiger partial charge in [0.25, 0.3) is 0 Å². The van der Waals surface area contributed by atoms with Crippen LogP contribution in [0.5, 0.6) is 0 Å². The van der Waals surface area contributed by atoms with Crippen LogP contribution in [0.15, 0.2) is 0 Å². The van der Waals surface area contributed by atoms with E-state index in [9.17, 15) is 0 Å². The molecule has 0 aromatic rings. The first-order valence-corrected chi connectivity index (χ1v) is 3.41. The summed E-state index contributed by atoms with van der Waals surface area (Å²) in [5, 5.41) is 25.7. The average molecular weight is 165 g/mol. The highest BCUT2D eigenvalue weighted by atomic mass is 16.5. The van der Waals surface area contributed by atoms with Crippen LogP contribution in [0.25, 0.3) is 0 Å². The monoisotopic (exact) mass is 165 g/mol. The number of hydrogen-bond donors (Lipinski definition) is 4. The number of rotatable bonds is 5. The molecular weight excluding hydrogens is 150 g/mol. The van der Waals surface area contributed by atoms with Gasteiger partial charge in [-0.15, -0.1) is 0 Å². The Kier molecular flexibility index (Phi) is 5.35. The molecule has 0 spiro atoms. The van der Waals surface area contributed by atoms with E-state index in [-0.39, 0.29) is 13.2 Å². The van der Waals surface area contributed by atoms with Crippen LogP contribution >= 0.6 is 0 Å². The third kappa shape index (κ3) is 6.21. The molecule has 68 valence electrons. The van der Waals surface area contributed by atoms with Crippen molar-refractivity contribution in [3.05, 3.63) is 0 Å². The summed E-state index contributed by atoms with van der Waals surface area (Å²) in [4.78, 5) is 0. The Hall–Kier alpha value is -0.200. The molecule has 0 unspecified atom stereocenters. The second kappa shape index (κ2) is 5.45. The van der Waals surface area contributed by atoms with Crippen LogP contribution in [0.2, 0.25) is 0 Å². The van der Waals surface area contributed by atoms with E-state index < -0.39 is 18.4 Å². The van der Waals surface area contributed by atoms with Crippen molar-refractivity contribution in [2.75, 3.05) is 13.2 Å². The molecule has 5 heteroatoms. The number of ether oxygens (including phenoxy) is 1. The molecule has 0 fully saturated rings. The molecule has 0 aliphatic rings. The molecule has 11 heavy (non-hydrogen) atoms. The van der Waals surface area contributed by atoms with Gasteiger partial charge in [0.2, 0.25) is 0 Å². The summed E-state index contributed by atoms with van der Waals surface area (Å²) in [6.45, 7) is 1.75. The molecule has 0 rings (SSSR count). The maximum Gasteiger partial charge on any atom is 0.169 e. The van der Waals surface area contributed by atoms with Crippen LogP contribution in [0, 0.1) is 0 Å². The summed E-state index contributed by atoms with van der Waals surface area (Å²) in [5.41, 5.74) is 5.20. The molecule has 0 amide bonds. The summed E-state index contributed by atoms with van der Waals surface area (Å²) in [6, 6.07) is -0.811. The van der Waals surface area contributed by atoms with E-state index in [4.69, 9.17) is 25.8 Å². The van der Waals surface area contributed by atoms with Crippen LogP contribution in [0.3, 0.4) is 0 Å². The highest BCUT2D eigenvalue weighted by molar-refractivity contribution is 4.60. The zero-order valence-corrected chi connectivity index (χ0v) is 6.47. The van der Waals surface area contributed by atoms with E-state index in [2.05, 4.69) is 0 Å². The average Bonchev–Trinajstić information content (AvgIpc) is 1.86. The smallest absolute Gasteiger partial charge is 0.169 e. The molecule has 0 saturated heterocycles. The Morgan fingerprint density at radius 1 is 1.27 bits per heavy atom. The maximum absolute atomic E-state index is 8.71. The third-order valence-corrected chi connectivity index (χ3v) is 1.05. The predicted molar refractivity (Wildman–Crippen MR) is 38.7 cm³/mol. The van der Waals surface area contributed by atoms with Crippen molar-refractivity contribution in [1.82, 2.24) is 0 Å². The van der Waals surface area contributed by atoms with Gasteiger partial charge in [0.05, 0.1) is 25.4 Å². The Morgan fingerprint density at radius 2 is 1.82 bits per heavy atom. The fourth-order valence-corrected chi connectivity index (χ4v) is 0.461. The van der Waals surface area contributed by atoms with E-state index in [0.29, 0.717) is 0 Å². The Labute approximate surface area is 65.4 Å². The van der Waals surface area contributed by atoms with Crippen LogP contribution in [-0.4, -0.2) is 47.0 Å². The van der Waals surface area contributed by atoms with Gasteiger partial charge < -0.3 is 25.8 Å². The van der Waals surface area contributed by atoms with Crippen molar-refractivity contribution in [2.45, 2.75) is 25.4 Å². The second-order valence-electron chi connectivity index (χ2n) is 2.46. The van der Waals surface area contributed by atoms with E-state index in [1.165, 1.54) is 0 Å². The zero-order valence-electron chi connectivity index (χ0n) is 6.47. The van der Waals surface area contributed by atoms with E-state index in [1.54, 1.807) is 6.92 Å². The number of aliphatic hydroxyl groups is 3. The van der Waals surface area contributed by atoms with Gasteiger partial charge in [0, 0.05) is 0 Å². The highest BCUT2D eigenvalue weighted by Crippen LogP contribution is 1.89. The van der Waals surface area contributed by atoms with E-state index in [0.717, 1.165) is 0 Å². The van der Waals surface area contributed by atoms with Crippen molar-refractivity contribution in [3.8, 4) is 0 Å². The van der Waals surface area contributed by atoms with Gasteiger partial charge in [0.15, 0.2) is 6.29 Å². The highest BCUT2D eigenvalue weighted by Gasteiger charge is 2.10. The van der Waals surface area contributed by atoms with Crippen molar-refractivity contribution in [2.24, 2.45) is 5.73 Å². The van der Waals surface area contributed by atoms with Gasteiger partial charge in [-0.3, -0.25) is 0 Å². The van der Waals surface area contributed by atoms with E-state index in [1.807, 2.05) is 0 Å². The summed E-state index contributed by atoms with van der Waals surface area (Å²) in [6.07, 6.45) is -2.12. The minimum absolute atomic E-state index is 0.0303. The number of aliphatic hydroxyl groups excluding tert-OH is 2. The lowest BCUT2D eigenvalue weighted by Crippen LogP contribution is -2.39. The predicted octanol–water partition coefficient (Wildman–Crippen LogP) is -1.98. The van der Waals surface area contributed by atoms with Gasteiger partial charge in [-0.25, -0.2) is 0 Å². The molecule has 0 aliphatic heterocycles. The zero-order chi connectivity index (χ0) is 8.85. The Balaban J connectivity index is 3.24. The molecule has 0 bridgehead atoms. The fourth-order valence-electron chi connectivity index (χ4n) is 0.461. The normalized spacial score (nSPS) is 16.9. The molecule has 2 atom stereocenters. The van der Waals surface area contributed by atoms with E-state index >= 15 is 0 Å². The van der Waals surface area contributed by atoms with Gasteiger partial charge in [-0.1, -0.05) is 0 Å². The molecule has 0 heterocycles. The van der Waals surface area contributed by atoms with Gasteiger partial charge in [0.1, 0.15) is 0 Å². The molecule has 0 radical (unpaired) electrons. The molecule has 0 aliphatic carbocycles. The van der Waals surface area contributed by atoms with Crippen LogP contribution < -0.4 is 5.73 Å². The first kappa shape index (κ1) is 10.8. The molecule has 5 N–H and O–H groups in total. The summed E-state index contributed by atoms with van der Waals surface area (Å²) < 4.78 is 4.82. The maximum atomic E-state index is 8.71. The van der Waals surface area contributed by atoms with Crippen LogP contribution in [-0.2, 0) is 4.74 Å². The minimum Gasteiger partial charge on any atom is -0.391 e. The number of nitrogens with two attached hydrogens (primary N) is 1. The lowest BCUT2D eigenvalue weighted by Gasteiger charge is -2.14. The Bertz CT molecular complexity index is 96.6. The van der Waals surface area contributed by atoms with Crippen molar-refractivity contribution in [1.29, 1.82) is 0 Å². The molecule has 0 saturated carbocycles. The topological polar surface area (TPSA) is 95.9 Å². The van der Waals surface area contributed by atoms with Crippen molar-refractivity contribution in [3.63, 3.8) is 0 Å². The molecule has 0 aromatic carbocycles. The Morgan fingerprint density at radius 3 is 2.18 bits per heavy atom. The van der Waals surface area contributed by atoms with Crippen LogP contribution in [0.4, 0.5) is 0 Å². The second-order valence-corrected chi connectivity index (χ2v) is 2.46. The van der Waals surface area contributed by atoms with Crippen molar-refractivity contribution >= 4 is 0 Å². The first-order valence-electron chi connectivity index (χ1n) is 3.41. The van der Waals surface area contributed by atoms with Crippen LogP contribution in [0.1, 0.15) is 6.92 Å². The van der Waals surface area contributed by atoms with Gasteiger partial charge in [-0.05, 0) is 6.92 Å². The fraction of sp³-hybridized carbons (Fsp3) is 1.00. The quantitative estimate of drug-likeness (QED) is 0.354. The minimum atomic E-state index is -1.57. The lowest BCUT2D eigenvalue weighted by molar-refractivity contribution is -0.0804. The summed E-state index contributed by atoms with van der Waals surface area (Å²) >= 11 is 0. The SMILES string of the molecule is C[C@@H](O)COC[C@H](N)C(O)O. The molecule has 0 aromatic heterocycles. The summed E-state index contributed by atoms with van der Waals surface area (Å²) in [5.74, 6) is 0. The van der Waals surface area contributed by atoms with Gasteiger partial charge >= 0.3 is 0 Å². The van der Waals surface area contributed by atoms with Gasteiger partial charge in [-0.2, -0.15) is 0 Å². The standard InChI is InChI=1S/C6H15NO4/c1-4(8)2-11-3-5(7)6(9)10/h4-6,8-10H,2-3,7H2,1H3/t4-,5+/m1/s1. The summed E-state index contributed by atoms with van der Waals surface area (Å²) in [7, 11) is 0. The lowest BCUT2D eigenvalue weighted by atomic mass is 10.3. The largest absolute Gasteiger partial charge is 0.391 e. The third-order valence-electron chi connectivity index (χ3n) is 1.05. The van der Waals surface area contributed by atoms with Crippen molar-refractivity contribution < 1.29 is 20.1 Å². The molecular formula is C6H15NO4. The first-order chi connectivity index (χ1) is 5.04. The number of hydrogen-bond acceptors (Lipinski definition) is 5.